The molecule has 0 saturated carbocycles. The highest BCUT2D eigenvalue weighted by molar-refractivity contribution is 14.0. The normalized spacial score (nSPS) is 16.6. The third-order valence-corrected chi connectivity index (χ3v) is 5.53. The number of likely N-dealkylation sites (tertiary alicyclic amines) is 1. The van der Waals surface area contributed by atoms with Gasteiger partial charge in [0.15, 0.2) is 12.6 Å². The van der Waals surface area contributed by atoms with Crippen molar-refractivity contribution < 1.29 is 14.3 Å². The van der Waals surface area contributed by atoms with Crippen molar-refractivity contribution in [1.29, 1.82) is 0 Å². The van der Waals surface area contributed by atoms with Gasteiger partial charge in [-0.15, -0.1) is 24.0 Å². The van der Waals surface area contributed by atoms with Gasteiger partial charge in [-0.05, 0) is 44.7 Å². The molecule has 32 heavy (non-hydrogen) atoms. The second-order valence-electron chi connectivity index (χ2n) is 7.89. The minimum absolute atomic E-state index is 0. The number of amides is 2. The number of guanidine groups is 1. The Kier molecular flexibility index (Phi) is 11.6. The van der Waals surface area contributed by atoms with E-state index in [9.17, 15) is 9.59 Å². The molecule has 1 aromatic carbocycles. The molecule has 178 valence electrons. The SMILES string of the molecule is CCNC(=NCCCN1CCCCCC1=O)NCCCN1C(=O)COc2ccccc21.I. The molecule has 0 spiro atoms. The van der Waals surface area contributed by atoms with Gasteiger partial charge in [0.05, 0.1) is 5.69 Å². The van der Waals surface area contributed by atoms with Crippen molar-refractivity contribution in [3.8, 4) is 5.75 Å². The standard InChI is InChI=1S/C23H35N5O3.HI/c1-2-24-23(25-13-8-16-27-15-7-3-4-12-21(27)29)26-14-9-17-28-19-10-5-6-11-20(19)31-18-22(28)30;/h5-6,10-11H,2-4,7-9,12-18H2,1H3,(H2,24,25,26);1H. The van der Waals surface area contributed by atoms with E-state index < -0.39 is 0 Å². The first-order chi connectivity index (χ1) is 15.2. The average molecular weight is 557 g/mol. The van der Waals surface area contributed by atoms with E-state index in [4.69, 9.17) is 4.74 Å². The third-order valence-electron chi connectivity index (χ3n) is 5.53. The summed E-state index contributed by atoms with van der Waals surface area (Å²) >= 11 is 0. The Bertz CT molecular complexity index is 774. The molecule has 2 aliphatic heterocycles. The number of para-hydroxylation sites is 2. The number of halogens is 1. The van der Waals surface area contributed by atoms with Crippen LogP contribution in [0.25, 0.3) is 0 Å². The van der Waals surface area contributed by atoms with Gasteiger partial charge in [0, 0.05) is 45.7 Å². The molecule has 0 unspecified atom stereocenters. The van der Waals surface area contributed by atoms with Gasteiger partial charge in [0.1, 0.15) is 5.75 Å². The number of hydrogen-bond acceptors (Lipinski definition) is 4. The van der Waals surface area contributed by atoms with E-state index in [1.54, 1.807) is 4.90 Å². The fourth-order valence-electron chi connectivity index (χ4n) is 3.91. The van der Waals surface area contributed by atoms with E-state index in [-0.39, 0.29) is 42.4 Å². The lowest BCUT2D eigenvalue weighted by Crippen LogP contribution is -2.42. The molecule has 2 N–H and O–H groups in total. The maximum absolute atomic E-state index is 12.3. The number of anilines is 1. The Morgan fingerprint density at radius 2 is 1.91 bits per heavy atom. The molecular formula is C23H36IN5O3. The zero-order chi connectivity index (χ0) is 21.9. The van der Waals surface area contributed by atoms with Crippen LogP contribution >= 0.6 is 24.0 Å². The molecule has 0 aliphatic carbocycles. The van der Waals surface area contributed by atoms with Gasteiger partial charge >= 0.3 is 0 Å². The Balaban J connectivity index is 0.00000363. The number of nitrogens with zero attached hydrogens (tertiary/aromatic N) is 3. The number of fused-ring (bicyclic) bond motifs is 1. The summed E-state index contributed by atoms with van der Waals surface area (Å²) in [5.74, 6) is 1.80. The molecule has 3 rings (SSSR count). The van der Waals surface area contributed by atoms with Gasteiger partial charge in [0.25, 0.3) is 5.91 Å². The summed E-state index contributed by atoms with van der Waals surface area (Å²) in [5.41, 5.74) is 0.836. The number of aliphatic imine (C=N–C) groups is 1. The highest BCUT2D eigenvalue weighted by atomic mass is 127. The lowest BCUT2D eigenvalue weighted by Gasteiger charge is -2.29. The van der Waals surface area contributed by atoms with Crippen LogP contribution in [0.5, 0.6) is 5.75 Å². The van der Waals surface area contributed by atoms with E-state index in [2.05, 4.69) is 15.6 Å². The number of rotatable bonds is 9. The highest BCUT2D eigenvalue weighted by Gasteiger charge is 2.24. The van der Waals surface area contributed by atoms with Gasteiger partial charge < -0.3 is 25.2 Å². The Morgan fingerprint density at radius 3 is 2.75 bits per heavy atom. The van der Waals surface area contributed by atoms with Crippen LogP contribution in [-0.2, 0) is 9.59 Å². The van der Waals surface area contributed by atoms with Gasteiger partial charge in [-0.3, -0.25) is 14.6 Å². The smallest absolute Gasteiger partial charge is 0.265 e. The zero-order valence-electron chi connectivity index (χ0n) is 19.0. The molecule has 9 heteroatoms. The molecule has 2 amide bonds. The van der Waals surface area contributed by atoms with Crippen molar-refractivity contribution in [2.75, 3.05) is 50.8 Å². The third kappa shape index (κ3) is 7.83. The first-order valence-electron chi connectivity index (χ1n) is 11.5. The highest BCUT2D eigenvalue weighted by Crippen LogP contribution is 2.31. The first-order valence-corrected chi connectivity index (χ1v) is 11.5. The Morgan fingerprint density at radius 1 is 1.06 bits per heavy atom. The van der Waals surface area contributed by atoms with Crippen LogP contribution in [0.3, 0.4) is 0 Å². The van der Waals surface area contributed by atoms with Crippen molar-refractivity contribution >= 4 is 47.4 Å². The lowest BCUT2D eigenvalue weighted by molar-refractivity contribution is -0.130. The van der Waals surface area contributed by atoms with Gasteiger partial charge in [-0.1, -0.05) is 18.6 Å². The summed E-state index contributed by atoms with van der Waals surface area (Å²) in [6, 6.07) is 7.64. The number of hydrogen-bond donors (Lipinski definition) is 2. The van der Waals surface area contributed by atoms with Crippen LogP contribution in [0.4, 0.5) is 5.69 Å². The van der Waals surface area contributed by atoms with Crippen LogP contribution in [0.15, 0.2) is 29.3 Å². The van der Waals surface area contributed by atoms with Crippen molar-refractivity contribution in [3.05, 3.63) is 24.3 Å². The largest absolute Gasteiger partial charge is 0.482 e. The predicted molar refractivity (Wildman–Crippen MR) is 138 cm³/mol. The molecule has 1 saturated heterocycles. The van der Waals surface area contributed by atoms with Crippen LogP contribution in [0.1, 0.15) is 45.4 Å². The van der Waals surface area contributed by atoms with Crippen molar-refractivity contribution in [3.63, 3.8) is 0 Å². The van der Waals surface area contributed by atoms with Gasteiger partial charge in [0.2, 0.25) is 5.91 Å². The van der Waals surface area contributed by atoms with Crippen LogP contribution in [0.2, 0.25) is 0 Å². The lowest BCUT2D eigenvalue weighted by atomic mass is 10.2. The molecule has 2 aliphatic rings. The van der Waals surface area contributed by atoms with Crippen molar-refractivity contribution in [2.24, 2.45) is 4.99 Å². The number of carbonyl (C=O) groups excluding carboxylic acids is 2. The monoisotopic (exact) mass is 557 g/mol. The maximum atomic E-state index is 12.3. The molecule has 0 bridgehead atoms. The first kappa shape index (κ1) is 26.2. The summed E-state index contributed by atoms with van der Waals surface area (Å²) in [6.45, 7) is 6.58. The summed E-state index contributed by atoms with van der Waals surface area (Å²) in [4.78, 5) is 32.8. The second-order valence-corrected chi connectivity index (χ2v) is 7.89. The van der Waals surface area contributed by atoms with E-state index in [0.29, 0.717) is 26.1 Å². The maximum Gasteiger partial charge on any atom is 0.265 e. The molecule has 1 aromatic rings. The number of nitrogens with one attached hydrogen (secondary N) is 2. The van der Waals surface area contributed by atoms with Crippen LogP contribution < -0.4 is 20.3 Å². The quantitative estimate of drug-likeness (QED) is 0.211. The minimum Gasteiger partial charge on any atom is -0.482 e. The summed E-state index contributed by atoms with van der Waals surface area (Å²) in [7, 11) is 0. The van der Waals surface area contributed by atoms with Gasteiger partial charge in [-0.2, -0.15) is 0 Å². The van der Waals surface area contributed by atoms with E-state index in [1.807, 2.05) is 36.1 Å². The molecule has 0 atom stereocenters. The average Bonchev–Trinajstić information content (AvgIpc) is 2.99. The molecule has 8 nitrogen and oxygen atoms in total. The Labute approximate surface area is 208 Å². The Hall–Kier alpha value is -2.04. The van der Waals surface area contributed by atoms with Crippen molar-refractivity contribution in [1.82, 2.24) is 15.5 Å². The molecular weight excluding hydrogens is 521 g/mol. The molecule has 0 aromatic heterocycles. The van der Waals surface area contributed by atoms with E-state index >= 15 is 0 Å². The summed E-state index contributed by atoms with van der Waals surface area (Å²) in [5, 5.41) is 6.61. The number of benzene rings is 1. The summed E-state index contributed by atoms with van der Waals surface area (Å²) in [6.07, 6.45) is 5.62. The molecule has 2 heterocycles. The van der Waals surface area contributed by atoms with Gasteiger partial charge in [-0.25, -0.2) is 0 Å². The number of carbonyl (C=O) groups is 2. The predicted octanol–water partition coefficient (Wildman–Crippen LogP) is 2.77. The zero-order valence-corrected chi connectivity index (χ0v) is 21.3. The van der Waals surface area contributed by atoms with E-state index in [1.165, 1.54) is 0 Å². The second kappa shape index (κ2) is 14.2. The minimum atomic E-state index is -0.0117. The van der Waals surface area contributed by atoms with Crippen LogP contribution in [-0.4, -0.2) is 68.5 Å². The van der Waals surface area contributed by atoms with Crippen LogP contribution in [0, 0.1) is 0 Å². The topological polar surface area (TPSA) is 86.3 Å². The van der Waals surface area contributed by atoms with E-state index in [0.717, 1.165) is 69.1 Å². The molecule has 1 fully saturated rings. The fraction of sp³-hybridized carbons (Fsp3) is 0.609. The fourth-order valence-corrected chi connectivity index (χ4v) is 3.91. The summed E-state index contributed by atoms with van der Waals surface area (Å²) < 4.78 is 5.49. The van der Waals surface area contributed by atoms with Crippen molar-refractivity contribution in [2.45, 2.75) is 45.4 Å². The molecule has 0 radical (unpaired) electrons. The number of ether oxygens (including phenoxy) is 1.